The molecule has 1 aromatic carbocycles. The maximum absolute atomic E-state index is 12.3. The van der Waals surface area contributed by atoms with Gasteiger partial charge in [-0.15, -0.1) is 0 Å². The molecule has 1 unspecified atom stereocenters. The Bertz CT molecular complexity index is 521. The fourth-order valence-corrected chi connectivity index (χ4v) is 2.61. The molecule has 1 atom stereocenters. The summed E-state index contributed by atoms with van der Waals surface area (Å²) in [4.78, 5) is 14.5. The molecule has 102 valence electrons. The summed E-state index contributed by atoms with van der Waals surface area (Å²) in [7, 11) is 0. The highest BCUT2D eigenvalue weighted by Crippen LogP contribution is 2.25. The molecule has 6 heteroatoms. The number of aromatic hydroxyl groups is 1. The second-order valence-electron chi connectivity index (χ2n) is 4.65. The Kier molecular flexibility index (Phi) is 4.27. The molecule has 19 heavy (non-hydrogen) atoms. The van der Waals surface area contributed by atoms with Crippen LogP contribution in [0, 0.1) is 5.92 Å². The lowest BCUT2D eigenvalue weighted by Gasteiger charge is -2.32. The van der Waals surface area contributed by atoms with Gasteiger partial charge in [-0.3, -0.25) is 4.79 Å². The van der Waals surface area contributed by atoms with E-state index in [0.29, 0.717) is 23.1 Å². The van der Waals surface area contributed by atoms with E-state index in [1.165, 1.54) is 12.1 Å². The van der Waals surface area contributed by atoms with Gasteiger partial charge in [0.2, 0.25) is 0 Å². The van der Waals surface area contributed by atoms with Gasteiger partial charge in [0.15, 0.2) is 0 Å². The van der Waals surface area contributed by atoms with E-state index in [1.807, 2.05) is 0 Å². The maximum Gasteiger partial charge on any atom is 0.257 e. The molecule has 1 fully saturated rings. The first kappa shape index (κ1) is 14.1. The molecule has 1 saturated heterocycles. The summed E-state index contributed by atoms with van der Waals surface area (Å²) < 4.78 is 0. The lowest BCUT2D eigenvalue weighted by molar-refractivity contribution is 0.0700. The predicted molar refractivity (Wildman–Crippen MR) is 78.5 cm³/mol. The van der Waals surface area contributed by atoms with Crippen molar-refractivity contribution in [3.63, 3.8) is 0 Å². The largest absolute Gasteiger partial charge is 0.507 e. The number of carbonyl (C=O) groups excluding carboxylic acids is 1. The third kappa shape index (κ3) is 3.16. The van der Waals surface area contributed by atoms with Crippen molar-refractivity contribution in [1.29, 1.82) is 0 Å². The predicted octanol–water partition coefficient (Wildman–Crippen LogP) is 2.18. The van der Waals surface area contributed by atoms with E-state index < -0.39 is 0 Å². The highest BCUT2D eigenvalue weighted by atomic mass is 35.5. The average molecular weight is 299 g/mol. The zero-order valence-electron chi connectivity index (χ0n) is 10.3. The van der Waals surface area contributed by atoms with Crippen molar-refractivity contribution < 1.29 is 9.90 Å². The summed E-state index contributed by atoms with van der Waals surface area (Å²) in [5.74, 6) is -0.257. The number of benzene rings is 1. The molecule has 1 amide bonds. The first-order chi connectivity index (χ1) is 8.99. The minimum Gasteiger partial charge on any atom is -0.507 e. The highest BCUT2D eigenvalue weighted by molar-refractivity contribution is 7.80. The molecular formula is C13H15ClN2O2S. The number of carbonyl (C=O) groups is 1. The van der Waals surface area contributed by atoms with Crippen LogP contribution in [0.2, 0.25) is 5.02 Å². The molecule has 0 spiro atoms. The van der Waals surface area contributed by atoms with Gasteiger partial charge >= 0.3 is 0 Å². The quantitative estimate of drug-likeness (QED) is 0.821. The number of piperidine rings is 1. The van der Waals surface area contributed by atoms with Crippen LogP contribution < -0.4 is 5.73 Å². The Hall–Kier alpha value is -1.33. The van der Waals surface area contributed by atoms with Crippen LogP contribution in [0.5, 0.6) is 5.75 Å². The number of hydrogen-bond donors (Lipinski definition) is 2. The third-order valence-corrected chi connectivity index (χ3v) is 3.87. The summed E-state index contributed by atoms with van der Waals surface area (Å²) >= 11 is 10.7. The van der Waals surface area contributed by atoms with E-state index in [-0.39, 0.29) is 23.1 Å². The SMILES string of the molecule is NC(=S)C1CCCN(C(=O)c2ccc(Cl)cc2O)C1. The maximum atomic E-state index is 12.3. The first-order valence-electron chi connectivity index (χ1n) is 6.06. The van der Waals surface area contributed by atoms with Crippen LogP contribution in [0.25, 0.3) is 0 Å². The minimum absolute atomic E-state index is 0.0575. The van der Waals surface area contributed by atoms with Crippen LogP contribution in [0.1, 0.15) is 23.2 Å². The number of halogens is 1. The Morgan fingerprint density at radius 2 is 2.26 bits per heavy atom. The van der Waals surface area contributed by atoms with Crippen LogP contribution in [-0.4, -0.2) is 34.0 Å². The second kappa shape index (κ2) is 5.75. The van der Waals surface area contributed by atoms with Crippen molar-refractivity contribution in [3.05, 3.63) is 28.8 Å². The monoisotopic (exact) mass is 298 g/mol. The lowest BCUT2D eigenvalue weighted by Crippen LogP contribution is -2.43. The number of thiocarbonyl (C=S) groups is 1. The number of likely N-dealkylation sites (tertiary alicyclic amines) is 1. The molecule has 4 nitrogen and oxygen atoms in total. The molecule has 0 aromatic heterocycles. The third-order valence-electron chi connectivity index (χ3n) is 3.30. The van der Waals surface area contributed by atoms with Crippen LogP contribution in [0.15, 0.2) is 18.2 Å². The summed E-state index contributed by atoms with van der Waals surface area (Å²) in [6.45, 7) is 1.16. The Balaban J connectivity index is 2.17. The second-order valence-corrected chi connectivity index (χ2v) is 5.56. The summed E-state index contributed by atoms with van der Waals surface area (Å²) in [6, 6.07) is 4.48. The van der Waals surface area contributed by atoms with Gasteiger partial charge in [0, 0.05) is 24.0 Å². The fourth-order valence-electron chi connectivity index (χ4n) is 2.25. The number of nitrogens with two attached hydrogens (primary N) is 1. The molecule has 1 aliphatic heterocycles. The normalized spacial score (nSPS) is 19.2. The van der Waals surface area contributed by atoms with E-state index in [9.17, 15) is 9.90 Å². The molecule has 0 bridgehead atoms. The molecule has 3 N–H and O–H groups in total. The average Bonchev–Trinajstić information content (AvgIpc) is 2.38. The van der Waals surface area contributed by atoms with Gasteiger partial charge in [-0.2, -0.15) is 0 Å². The van der Waals surface area contributed by atoms with Gasteiger partial charge in [-0.25, -0.2) is 0 Å². The van der Waals surface area contributed by atoms with Crippen LogP contribution in [0.4, 0.5) is 0 Å². The van der Waals surface area contributed by atoms with Gasteiger partial charge < -0.3 is 15.7 Å². The number of nitrogens with zero attached hydrogens (tertiary/aromatic N) is 1. The van der Waals surface area contributed by atoms with E-state index in [4.69, 9.17) is 29.6 Å². The molecule has 1 aliphatic rings. The van der Waals surface area contributed by atoms with Crippen molar-refractivity contribution in [3.8, 4) is 5.75 Å². The smallest absolute Gasteiger partial charge is 0.257 e. The summed E-state index contributed by atoms with van der Waals surface area (Å²) in [6.07, 6.45) is 1.77. The van der Waals surface area contributed by atoms with Crippen molar-refractivity contribution in [1.82, 2.24) is 4.90 Å². The van der Waals surface area contributed by atoms with Crippen molar-refractivity contribution in [2.75, 3.05) is 13.1 Å². The Labute approximate surface area is 122 Å². The number of phenols is 1. The number of hydrogen-bond acceptors (Lipinski definition) is 3. The van der Waals surface area contributed by atoms with Crippen molar-refractivity contribution >= 4 is 34.7 Å². The molecule has 2 rings (SSSR count). The van der Waals surface area contributed by atoms with E-state index in [0.717, 1.165) is 12.8 Å². The zero-order valence-corrected chi connectivity index (χ0v) is 11.9. The molecule has 1 heterocycles. The fraction of sp³-hybridized carbons (Fsp3) is 0.385. The Morgan fingerprint density at radius 1 is 1.53 bits per heavy atom. The zero-order chi connectivity index (χ0) is 14.0. The van der Waals surface area contributed by atoms with Gasteiger partial charge in [-0.1, -0.05) is 23.8 Å². The molecule has 0 aliphatic carbocycles. The van der Waals surface area contributed by atoms with Crippen LogP contribution in [0.3, 0.4) is 0 Å². The Morgan fingerprint density at radius 3 is 2.89 bits per heavy atom. The standard InChI is InChI=1S/C13H15ClN2O2S/c14-9-3-4-10(11(17)6-9)13(18)16-5-1-2-8(7-16)12(15)19/h3-4,6,8,17H,1-2,5,7H2,(H2,15,19). The van der Waals surface area contributed by atoms with Crippen LogP contribution >= 0.6 is 23.8 Å². The topological polar surface area (TPSA) is 66.6 Å². The lowest BCUT2D eigenvalue weighted by atomic mass is 9.97. The van der Waals surface area contributed by atoms with Gasteiger partial charge in [-0.05, 0) is 31.0 Å². The van der Waals surface area contributed by atoms with Gasteiger partial charge in [0.05, 0.1) is 10.6 Å². The number of phenolic OH excluding ortho intramolecular Hbond substituents is 1. The summed E-state index contributed by atoms with van der Waals surface area (Å²) in [5, 5.41) is 10.2. The van der Waals surface area contributed by atoms with Crippen LogP contribution in [-0.2, 0) is 0 Å². The molecule has 1 aromatic rings. The first-order valence-corrected chi connectivity index (χ1v) is 6.84. The summed E-state index contributed by atoms with van der Waals surface area (Å²) in [5.41, 5.74) is 5.90. The van der Waals surface area contributed by atoms with Crippen molar-refractivity contribution in [2.45, 2.75) is 12.8 Å². The van der Waals surface area contributed by atoms with E-state index in [2.05, 4.69) is 0 Å². The highest BCUT2D eigenvalue weighted by Gasteiger charge is 2.27. The molecule has 0 saturated carbocycles. The minimum atomic E-state index is -0.213. The van der Waals surface area contributed by atoms with E-state index in [1.54, 1.807) is 11.0 Å². The van der Waals surface area contributed by atoms with Gasteiger partial charge in [0.1, 0.15) is 5.75 Å². The van der Waals surface area contributed by atoms with E-state index >= 15 is 0 Å². The number of rotatable bonds is 2. The molecular weight excluding hydrogens is 284 g/mol. The number of amides is 1. The molecule has 0 radical (unpaired) electrons. The van der Waals surface area contributed by atoms with Crippen molar-refractivity contribution in [2.24, 2.45) is 11.7 Å². The van der Waals surface area contributed by atoms with Gasteiger partial charge in [0.25, 0.3) is 5.91 Å².